The molecule has 1 aliphatic heterocycles. The Labute approximate surface area is 81.7 Å². The van der Waals surface area contributed by atoms with Crippen LogP contribution < -0.4 is 0 Å². The van der Waals surface area contributed by atoms with E-state index in [0.29, 0.717) is 12.2 Å². The standard InChI is InChI=1S/C9H13N3O2/c13-6-7-2-4-12(5-7)9(14)8-1-3-10-11-8/h1,3,7,13H,2,4-6H2,(H,10,11). The van der Waals surface area contributed by atoms with Gasteiger partial charge in [0.2, 0.25) is 0 Å². The molecule has 1 saturated heterocycles. The number of hydrogen-bond donors (Lipinski definition) is 2. The van der Waals surface area contributed by atoms with Crippen molar-refractivity contribution in [1.29, 1.82) is 0 Å². The van der Waals surface area contributed by atoms with Crippen molar-refractivity contribution in [1.82, 2.24) is 15.1 Å². The molecule has 0 aliphatic carbocycles. The number of aliphatic hydroxyl groups excluding tert-OH is 1. The minimum Gasteiger partial charge on any atom is -0.396 e. The van der Waals surface area contributed by atoms with E-state index >= 15 is 0 Å². The largest absolute Gasteiger partial charge is 0.396 e. The molecule has 1 fully saturated rings. The monoisotopic (exact) mass is 195 g/mol. The number of carbonyl (C=O) groups is 1. The molecule has 0 spiro atoms. The number of nitrogens with one attached hydrogen (secondary N) is 1. The van der Waals surface area contributed by atoms with Crippen LogP contribution in [0.25, 0.3) is 0 Å². The molecule has 2 heterocycles. The number of hydrogen-bond acceptors (Lipinski definition) is 3. The SMILES string of the molecule is O=C(c1ccn[nH]1)N1CCC(CO)C1. The molecule has 2 rings (SSSR count). The average Bonchev–Trinajstić information content (AvgIpc) is 2.88. The topological polar surface area (TPSA) is 69.2 Å². The van der Waals surface area contributed by atoms with Crippen molar-refractivity contribution in [2.24, 2.45) is 5.92 Å². The fourth-order valence-electron chi connectivity index (χ4n) is 1.71. The molecule has 5 heteroatoms. The van der Waals surface area contributed by atoms with Gasteiger partial charge in [0.1, 0.15) is 5.69 Å². The number of carbonyl (C=O) groups excluding carboxylic acids is 1. The summed E-state index contributed by atoms with van der Waals surface area (Å²) >= 11 is 0. The minimum atomic E-state index is -0.0292. The molecule has 1 amide bonds. The molecule has 14 heavy (non-hydrogen) atoms. The summed E-state index contributed by atoms with van der Waals surface area (Å²) in [4.78, 5) is 13.5. The van der Waals surface area contributed by atoms with Crippen molar-refractivity contribution in [2.75, 3.05) is 19.7 Å². The van der Waals surface area contributed by atoms with Crippen LogP contribution in [0.15, 0.2) is 12.3 Å². The molecule has 0 aromatic carbocycles. The van der Waals surface area contributed by atoms with Gasteiger partial charge in [-0.1, -0.05) is 0 Å². The fourth-order valence-corrected chi connectivity index (χ4v) is 1.71. The van der Waals surface area contributed by atoms with E-state index in [1.807, 2.05) is 0 Å². The van der Waals surface area contributed by atoms with E-state index in [1.165, 1.54) is 0 Å². The van der Waals surface area contributed by atoms with E-state index in [0.717, 1.165) is 13.0 Å². The van der Waals surface area contributed by atoms with Crippen LogP contribution in [-0.4, -0.2) is 45.8 Å². The lowest BCUT2D eigenvalue weighted by Crippen LogP contribution is -2.29. The molecule has 1 atom stereocenters. The lowest BCUT2D eigenvalue weighted by Gasteiger charge is -2.14. The number of H-pyrrole nitrogens is 1. The number of rotatable bonds is 2. The van der Waals surface area contributed by atoms with Gasteiger partial charge in [0, 0.05) is 31.8 Å². The second-order valence-electron chi connectivity index (χ2n) is 3.56. The van der Waals surface area contributed by atoms with Crippen LogP contribution in [0.2, 0.25) is 0 Å². The summed E-state index contributed by atoms with van der Waals surface area (Å²) in [5.74, 6) is 0.209. The van der Waals surface area contributed by atoms with Crippen molar-refractivity contribution in [3.63, 3.8) is 0 Å². The highest BCUT2D eigenvalue weighted by Gasteiger charge is 2.26. The first-order chi connectivity index (χ1) is 6.81. The third kappa shape index (κ3) is 1.63. The van der Waals surface area contributed by atoms with E-state index in [9.17, 15) is 4.79 Å². The first kappa shape index (κ1) is 9.21. The van der Waals surface area contributed by atoms with Crippen LogP contribution in [0, 0.1) is 5.92 Å². The van der Waals surface area contributed by atoms with E-state index in [-0.39, 0.29) is 18.4 Å². The molecule has 2 N–H and O–H groups in total. The summed E-state index contributed by atoms with van der Waals surface area (Å²) < 4.78 is 0. The summed E-state index contributed by atoms with van der Waals surface area (Å²) in [5.41, 5.74) is 0.517. The van der Waals surface area contributed by atoms with Gasteiger partial charge in [-0.15, -0.1) is 0 Å². The van der Waals surface area contributed by atoms with Crippen LogP contribution >= 0.6 is 0 Å². The number of amides is 1. The first-order valence-corrected chi connectivity index (χ1v) is 4.70. The maximum atomic E-state index is 11.7. The average molecular weight is 195 g/mol. The Morgan fingerprint density at radius 1 is 1.79 bits per heavy atom. The summed E-state index contributed by atoms with van der Waals surface area (Å²) in [7, 11) is 0. The molecular formula is C9H13N3O2. The molecule has 1 aliphatic rings. The number of aliphatic hydroxyl groups is 1. The normalized spacial score (nSPS) is 21.5. The highest BCUT2D eigenvalue weighted by molar-refractivity contribution is 5.92. The lowest BCUT2D eigenvalue weighted by molar-refractivity contribution is 0.0776. The summed E-state index contributed by atoms with van der Waals surface area (Å²) in [6.45, 7) is 1.53. The Hall–Kier alpha value is -1.36. The summed E-state index contributed by atoms with van der Waals surface area (Å²) in [6, 6.07) is 1.66. The van der Waals surface area contributed by atoms with Crippen molar-refractivity contribution in [3.8, 4) is 0 Å². The molecule has 1 aromatic heterocycles. The highest BCUT2D eigenvalue weighted by Crippen LogP contribution is 2.17. The number of likely N-dealkylation sites (tertiary alicyclic amines) is 1. The summed E-state index contributed by atoms with van der Waals surface area (Å²) in [6.07, 6.45) is 2.45. The first-order valence-electron chi connectivity index (χ1n) is 4.70. The van der Waals surface area contributed by atoms with Crippen LogP contribution in [0.1, 0.15) is 16.9 Å². The van der Waals surface area contributed by atoms with Gasteiger partial charge < -0.3 is 10.0 Å². The van der Waals surface area contributed by atoms with E-state index in [2.05, 4.69) is 10.2 Å². The van der Waals surface area contributed by atoms with Crippen molar-refractivity contribution >= 4 is 5.91 Å². The number of aromatic amines is 1. The van der Waals surface area contributed by atoms with Gasteiger partial charge in [-0.2, -0.15) is 5.10 Å². The zero-order valence-electron chi connectivity index (χ0n) is 7.81. The van der Waals surface area contributed by atoms with E-state index < -0.39 is 0 Å². The Balaban J connectivity index is 2.00. The van der Waals surface area contributed by atoms with Gasteiger partial charge in [0.25, 0.3) is 5.91 Å². The van der Waals surface area contributed by atoms with Gasteiger partial charge >= 0.3 is 0 Å². The second-order valence-corrected chi connectivity index (χ2v) is 3.56. The van der Waals surface area contributed by atoms with Gasteiger partial charge in [-0.05, 0) is 12.5 Å². The Bertz CT molecular complexity index is 310. The highest BCUT2D eigenvalue weighted by atomic mass is 16.3. The second kappa shape index (κ2) is 3.79. The third-order valence-electron chi connectivity index (χ3n) is 2.56. The molecule has 0 radical (unpaired) electrons. The van der Waals surface area contributed by atoms with E-state index in [1.54, 1.807) is 17.2 Å². The number of aromatic nitrogens is 2. The molecule has 0 saturated carbocycles. The fraction of sp³-hybridized carbons (Fsp3) is 0.556. The van der Waals surface area contributed by atoms with Crippen LogP contribution in [-0.2, 0) is 0 Å². The van der Waals surface area contributed by atoms with Gasteiger partial charge in [-0.25, -0.2) is 0 Å². The van der Waals surface area contributed by atoms with Crippen molar-refractivity contribution in [3.05, 3.63) is 18.0 Å². The molecule has 5 nitrogen and oxygen atoms in total. The molecule has 1 aromatic rings. The molecular weight excluding hydrogens is 182 g/mol. The quantitative estimate of drug-likeness (QED) is 0.690. The van der Waals surface area contributed by atoms with Crippen LogP contribution in [0.5, 0.6) is 0 Å². The maximum Gasteiger partial charge on any atom is 0.271 e. The van der Waals surface area contributed by atoms with Gasteiger partial charge in [0.15, 0.2) is 0 Å². The zero-order chi connectivity index (χ0) is 9.97. The maximum absolute atomic E-state index is 11.7. The van der Waals surface area contributed by atoms with Crippen molar-refractivity contribution in [2.45, 2.75) is 6.42 Å². The third-order valence-corrected chi connectivity index (χ3v) is 2.56. The Morgan fingerprint density at radius 2 is 2.64 bits per heavy atom. The van der Waals surface area contributed by atoms with Gasteiger partial charge in [-0.3, -0.25) is 9.89 Å². The Kier molecular flexibility index (Phi) is 2.49. The lowest BCUT2D eigenvalue weighted by atomic mass is 10.1. The zero-order valence-corrected chi connectivity index (χ0v) is 7.81. The summed E-state index contributed by atoms with van der Waals surface area (Å²) in [5, 5.41) is 15.3. The predicted octanol–water partition coefficient (Wildman–Crippen LogP) is -0.136. The Morgan fingerprint density at radius 3 is 3.21 bits per heavy atom. The molecule has 1 unspecified atom stereocenters. The number of nitrogens with zero attached hydrogens (tertiary/aromatic N) is 2. The minimum absolute atomic E-state index is 0.0292. The van der Waals surface area contributed by atoms with E-state index in [4.69, 9.17) is 5.11 Å². The van der Waals surface area contributed by atoms with Crippen LogP contribution in [0.4, 0.5) is 0 Å². The van der Waals surface area contributed by atoms with Crippen molar-refractivity contribution < 1.29 is 9.90 Å². The predicted molar refractivity (Wildman–Crippen MR) is 49.7 cm³/mol. The van der Waals surface area contributed by atoms with Crippen LogP contribution in [0.3, 0.4) is 0 Å². The smallest absolute Gasteiger partial charge is 0.271 e. The molecule has 0 bridgehead atoms. The van der Waals surface area contributed by atoms with Gasteiger partial charge in [0.05, 0.1) is 0 Å². The molecule has 76 valence electrons.